The van der Waals surface area contributed by atoms with Crippen LogP contribution in [0.4, 0.5) is 0 Å². The molecular weight excluding hydrogens is 284 g/mol. The second-order valence-corrected chi connectivity index (χ2v) is 5.50. The van der Waals surface area contributed by atoms with Gasteiger partial charge in [0, 0.05) is 21.2 Å². The van der Waals surface area contributed by atoms with Crippen LogP contribution in [0.25, 0.3) is 0 Å². The molecule has 0 aromatic carbocycles. The Morgan fingerprint density at radius 1 is 1.57 bits per heavy atom. The van der Waals surface area contributed by atoms with Gasteiger partial charge in [-0.2, -0.15) is 0 Å². The van der Waals surface area contributed by atoms with Crippen LogP contribution < -0.4 is 0 Å². The Morgan fingerprint density at radius 3 is 3.00 bits per heavy atom. The van der Waals surface area contributed by atoms with Crippen molar-refractivity contribution >= 4 is 38.8 Å². The van der Waals surface area contributed by atoms with Gasteiger partial charge in [0.1, 0.15) is 0 Å². The van der Waals surface area contributed by atoms with Gasteiger partial charge in [0.25, 0.3) is 0 Å². The summed E-state index contributed by atoms with van der Waals surface area (Å²) in [4.78, 5) is 1.97. The van der Waals surface area contributed by atoms with Crippen molar-refractivity contribution in [2.45, 2.75) is 12.5 Å². The minimum Gasteiger partial charge on any atom is -0.387 e. The van der Waals surface area contributed by atoms with E-state index in [1.165, 1.54) is 11.5 Å². The van der Waals surface area contributed by atoms with E-state index in [2.05, 4.69) is 25.5 Å². The lowest BCUT2D eigenvalue weighted by Crippen LogP contribution is -1.97. The van der Waals surface area contributed by atoms with Gasteiger partial charge in [-0.05, 0) is 33.5 Å². The zero-order valence-corrected chi connectivity index (χ0v) is 10.3. The summed E-state index contributed by atoms with van der Waals surface area (Å²) in [7, 11) is 0. The number of hydrogen-bond donors (Lipinski definition) is 1. The Kier molecular flexibility index (Phi) is 3.27. The average Bonchev–Trinajstić information content (AvgIpc) is 2.75. The fourth-order valence-corrected chi connectivity index (χ4v) is 3.05. The molecule has 1 N–H and O–H groups in total. The molecule has 0 saturated heterocycles. The number of aliphatic hydroxyl groups is 1. The first-order chi connectivity index (χ1) is 6.75. The Balaban J connectivity index is 2.05. The third-order valence-corrected chi connectivity index (χ3v) is 4.21. The van der Waals surface area contributed by atoms with Gasteiger partial charge in [0.05, 0.1) is 17.2 Å². The van der Waals surface area contributed by atoms with Crippen LogP contribution in [0, 0.1) is 0 Å². The second-order valence-electron chi connectivity index (χ2n) is 2.77. The molecule has 1 atom stereocenters. The van der Waals surface area contributed by atoms with E-state index in [-0.39, 0.29) is 0 Å². The molecule has 0 saturated carbocycles. The van der Waals surface area contributed by atoms with Crippen molar-refractivity contribution in [1.82, 2.24) is 9.59 Å². The molecular formula is C8H7BrN2OS2. The Hall–Kier alpha value is -0.300. The molecule has 6 heteroatoms. The van der Waals surface area contributed by atoms with Gasteiger partial charge < -0.3 is 5.11 Å². The third kappa shape index (κ3) is 2.38. The highest BCUT2D eigenvalue weighted by Gasteiger charge is 2.12. The van der Waals surface area contributed by atoms with Crippen molar-refractivity contribution < 1.29 is 5.11 Å². The first-order valence-electron chi connectivity index (χ1n) is 3.94. The van der Waals surface area contributed by atoms with Crippen LogP contribution in [0.15, 0.2) is 22.1 Å². The summed E-state index contributed by atoms with van der Waals surface area (Å²) < 4.78 is 4.78. The molecule has 0 fully saturated rings. The minimum atomic E-state index is -0.486. The third-order valence-electron chi connectivity index (χ3n) is 1.72. The van der Waals surface area contributed by atoms with Gasteiger partial charge in [-0.25, -0.2) is 0 Å². The van der Waals surface area contributed by atoms with Gasteiger partial charge in [-0.1, -0.05) is 4.49 Å². The van der Waals surface area contributed by atoms with Crippen LogP contribution in [-0.4, -0.2) is 14.7 Å². The average molecular weight is 291 g/mol. The molecule has 74 valence electrons. The van der Waals surface area contributed by atoms with Gasteiger partial charge >= 0.3 is 0 Å². The molecule has 0 radical (unpaired) electrons. The SMILES string of the molecule is OC(Cc1cc(Br)cs1)c1cnns1. The monoisotopic (exact) mass is 290 g/mol. The molecule has 0 spiro atoms. The predicted octanol–water partition coefficient (Wildman–Crippen LogP) is 2.64. The molecule has 2 aromatic rings. The number of rotatable bonds is 3. The maximum atomic E-state index is 9.79. The molecule has 14 heavy (non-hydrogen) atoms. The molecule has 0 bridgehead atoms. The lowest BCUT2D eigenvalue weighted by molar-refractivity contribution is 0.183. The zero-order valence-electron chi connectivity index (χ0n) is 7.05. The summed E-state index contributed by atoms with van der Waals surface area (Å²) in [6, 6.07) is 2.02. The smallest absolute Gasteiger partial charge is 0.0962 e. The molecule has 0 aliphatic carbocycles. The number of hydrogen-bond acceptors (Lipinski definition) is 5. The van der Waals surface area contributed by atoms with Crippen molar-refractivity contribution in [3.8, 4) is 0 Å². The maximum absolute atomic E-state index is 9.79. The second kappa shape index (κ2) is 4.48. The van der Waals surface area contributed by atoms with Crippen LogP contribution in [0.3, 0.4) is 0 Å². The standard InChI is InChI=1S/C8H7BrN2OS2/c9-5-1-6(13-4-5)2-7(12)8-3-10-11-14-8/h1,3-4,7,12H,2H2. The van der Waals surface area contributed by atoms with E-state index in [9.17, 15) is 5.11 Å². The first kappa shape index (κ1) is 10.2. The zero-order chi connectivity index (χ0) is 9.97. The molecule has 1 unspecified atom stereocenters. The fourth-order valence-electron chi connectivity index (χ4n) is 1.07. The van der Waals surface area contributed by atoms with Crippen molar-refractivity contribution in [2.75, 3.05) is 0 Å². The van der Waals surface area contributed by atoms with Crippen molar-refractivity contribution in [1.29, 1.82) is 0 Å². The minimum absolute atomic E-state index is 0.486. The van der Waals surface area contributed by atoms with Crippen LogP contribution >= 0.6 is 38.8 Å². The topological polar surface area (TPSA) is 46.0 Å². The fraction of sp³-hybridized carbons (Fsp3) is 0.250. The van der Waals surface area contributed by atoms with Crippen LogP contribution in [0.1, 0.15) is 15.9 Å². The predicted molar refractivity (Wildman–Crippen MR) is 60.6 cm³/mol. The van der Waals surface area contributed by atoms with Crippen molar-refractivity contribution in [2.24, 2.45) is 0 Å². The van der Waals surface area contributed by atoms with E-state index in [4.69, 9.17) is 0 Å². The van der Waals surface area contributed by atoms with E-state index >= 15 is 0 Å². The number of thiophene rings is 1. The van der Waals surface area contributed by atoms with Crippen LogP contribution in [0.2, 0.25) is 0 Å². The summed E-state index contributed by atoms with van der Waals surface area (Å²) in [5, 5.41) is 15.5. The molecule has 2 heterocycles. The van der Waals surface area contributed by atoms with Gasteiger partial charge in [0.15, 0.2) is 0 Å². The Labute approximate surface area is 97.7 Å². The number of aliphatic hydroxyl groups excluding tert-OH is 1. The maximum Gasteiger partial charge on any atom is 0.0962 e. The van der Waals surface area contributed by atoms with Gasteiger partial charge in [-0.3, -0.25) is 0 Å². The summed E-state index contributed by atoms with van der Waals surface area (Å²) in [5.74, 6) is 0. The normalized spacial score (nSPS) is 13.0. The molecule has 3 nitrogen and oxygen atoms in total. The lowest BCUT2D eigenvalue weighted by Gasteiger charge is -2.03. The van der Waals surface area contributed by atoms with E-state index in [1.807, 2.05) is 11.4 Å². The Morgan fingerprint density at radius 2 is 2.43 bits per heavy atom. The van der Waals surface area contributed by atoms with E-state index in [1.54, 1.807) is 17.5 Å². The molecule has 0 aliphatic rings. The van der Waals surface area contributed by atoms with E-state index in [0.29, 0.717) is 6.42 Å². The first-order valence-corrected chi connectivity index (χ1v) is 6.38. The number of halogens is 1. The highest BCUT2D eigenvalue weighted by molar-refractivity contribution is 9.10. The lowest BCUT2D eigenvalue weighted by atomic mass is 10.2. The summed E-state index contributed by atoms with van der Waals surface area (Å²) in [6.45, 7) is 0. The number of aromatic nitrogens is 2. The largest absolute Gasteiger partial charge is 0.387 e. The van der Waals surface area contributed by atoms with Gasteiger partial charge in [-0.15, -0.1) is 16.4 Å². The van der Waals surface area contributed by atoms with E-state index in [0.717, 1.165) is 14.2 Å². The highest BCUT2D eigenvalue weighted by Crippen LogP contribution is 2.26. The van der Waals surface area contributed by atoms with Crippen molar-refractivity contribution in [3.63, 3.8) is 0 Å². The molecule has 0 aliphatic heterocycles. The summed E-state index contributed by atoms with van der Waals surface area (Å²) in [5.41, 5.74) is 0. The highest BCUT2D eigenvalue weighted by atomic mass is 79.9. The summed E-state index contributed by atoms with van der Waals surface area (Å²) in [6.07, 6.45) is 1.75. The quantitative estimate of drug-likeness (QED) is 0.945. The Bertz CT molecular complexity index is 401. The summed E-state index contributed by atoms with van der Waals surface area (Å²) >= 11 is 6.25. The van der Waals surface area contributed by atoms with Crippen LogP contribution in [-0.2, 0) is 6.42 Å². The van der Waals surface area contributed by atoms with Crippen molar-refractivity contribution in [3.05, 3.63) is 31.9 Å². The van der Waals surface area contributed by atoms with E-state index < -0.39 is 6.10 Å². The van der Waals surface area contributed by atoms with Crippen LogP contribution in [0.5, 0.6) is 0 Å². The molecule has 2 aromatic heterocycles. The number of nitrogens with zero attached hydrogens (tertiary/aromatic N) is 2. The molecule has 2 rings (SSSR count). The molecule has 0 amide bonds. The van der Waals surface area contributed by atoms with Gasteiger partial charge in [0.2, 0.25) is 0 Å².